The molecule has 13 heteroatoms. The molecule has 0 heterocycles. The molecule has 0 atom stereocenters. The van der Waals surface area contributed by atoms with Crippen LogP contribution in [0.3, 0.4) is 0 Å². The number of hydrazine groups is 1. The van der Waals surface area contributed by atoms with Gasteiger partial charge in [0, 0.05) is 24.7 Å². The van der Waals surface area contributed by atoms with Crippen molar-refractivity contribution in [3.8, 4) is 0 Å². The average Bonchev–Trinajstić information content (AvgIpc) is 2.70. The molecule has 0 aliphatic heterocycles. The summed E-state index contributed by atoms with van der Waals surface area (Å²) in [6.07, 6.45) is -4.77. The number of rotatable bonds is 7. The number of nitrogens with one attached hydrogen (secondary N) is 2. The standard InChI is InChI=1S/C18H19F3N4O5S/c1-11(2)24(3)31(29,30)14-7-4-12(5-8-14)17(26)23-22-15-9-6-13(18(19,20)21)10-16(15)25(27)28/h4-11,22H,1-3H3,(H,23,26). The fraction of sp³-hybridized carbons (Fsp3) is 0.278. The van der Waals surface area contributed by atoms with Crippen LogP contribution >= 0.6 is 0 Å². The Morgan fingerprint density at radius 2 is 1.71 bits per heavy atom. The second-order valence-corrected chi connectivity index (χ2v) is 8.70. The monoisotopic (exact) mass is 460 g/mol. The number of nitro benzene ring substituents is 1. The summed E-state index contributed by atoms with van der Waals surface area (Å²) < 4.78 is 64.3. The molecule has 168 valence electrons. The molecule has 2 N–H and O–H groups in total. The van der Waals surface area contributed by atoms with Crippen LogP contribution in [0.5, 0.6) is 0 Å². The Bertz CT molecular complexity index is 1090. The summed E-state index contributed by atoms with van der Waals surface area (Å²) in [7, 11) is -2.33. The number of benzene rings is 2. The van der Waals surface area contributed by atoms with Gasteiger partial charge in [-0.25, -0.2) is 8.42 Å². The number of hydrogen-bond acceptors (Lipinski definition) is 6. The lowest BCUT2D eigenvalue weighted by Crippen LogP contribution is -2.33. The predicted octanol–water partition coefficient (Wildman–Crippen LogP) is 3.40. The molecular formula is C18H19F3N4O5S. The van der Waals surface area contributed by atoms with E-state index in [0.29, 0.717) is 12.1 Å². The first-order valence-electron chi connectivity index (χ1n) is 8.75. The fourth-order valence-corrected chi connectivity index (χ4v) is 3.75. The van der Waals surface area contributed by atoms with E-state index in [1.807, 2.05) is 0 Å². The lowest BCUT2D eigenvalue weighted by molar-refractivity contribution is -0.384. The SMILES string of the molecule is CC(C)N(C)S(=O)(=O)c1ccc(C(=O)NNc2ccc(C(F)(F)F)cc2[N+](=O)[O-])cc1. The van der Waals surface area contributed by atoms with E-state index in [1.54, 1.807) is 13.8 Å². The molecule has 0 aliphatic carbocycles. The maximum absolute atomic E-state index is 12.8. The molecule has 2 aromatic carbocycles. The van der Waals surface area contributed by atoms with E-state index < -0.39 is 38.3 Å². The first-order chi connectivity index (χ1) is 14.2. The molecule has 0 saturated heterocycles. The number of sulfonamides is 1. The van der Waals surface area contributed by atoms with E-state index in [4.69, 9.17) is 0 Å². The van der Waals surface area contributed by atoms with Crippen molar-refractivity contribution in [3.63, 3.8) is 0 Å². The highest BCUT2D eigenvalue weighted by Gasteiger charge is 2.33. The van der Waals surface area contributed by atoms with Gasteiger partial charge in [-0.05, 0) is 50.2 Å². The minimum Gasteiger partial charge on any atom is -0.292 e. The second-order valence-electron chi connectivity index (χ2n) is 6.71. The lowest BCUT2D eigenvalue weighted by atomic mass is 10.1. The van der Waals surface area contributed by atoms with Gasteiger partial charge in [-0.15, -0.1) is 0 Å². The molecule has 0 saturated carbocycles. The van der Waals surface area contributed by atoms with Crippen LogP contribution in [-0.2, 0) is 16.2 Å². The van der Waals surface area contributed by atoms with Crippen LogP contribution in [0.2, 0.25) is 0 Å². The quantitative estimate of drug-likeness (QED) is 0.483. The number of nitro groups is 1. The Morgan fingerprint density at radius 1 is 1.13 bits per heavy atom. The third-order valence-corrected chi connectivity index (χ3v) is 6.40. The van der Waals surface area contributed by atoms with Crippen LogP contribution in [0.1, 0.15) is 29.8 Å². The van der Waals surface area contributed by atoms with Crippen molar-refractivity contribution >= 4 is 27.3 Å². The third kappa shape index (κ3) is 5.49. The van der Waals surface area contributed by atoms with Crippen LogP contribution in [0.25, 0.3) is 0 Å². The largest absolute Gasteiger partial charge is 0.416 e. The smallest absolute Gasteiger partial charge is 0.292 e. The fourth-order valence-electron chi connectivity index (χ4n) is 2.38. The zero-order chi connectivity index (χ0) is 23.6. The van der Waals surface area contributed by atoms with E-state index in [1.165, 1.54) is 31.3 Å². The van der Waals surface area contributed by atoms with Gasteiger partial charge in [-0.3, -0.25) is 25.8 Å². The molecule has 1 amide bonds. The van der Waals surface area contributed by atoms with Crippen molar-refractivity contribution in [2.75, 3.05) is 12.5 Å². The van der Waals surface area contributed by atoms with Gasteiger partial charge in [0.05, 0.1) is 15.4 Å². The zero-order valence-corrected chi connectivity index (χ0v) is 17.4. The molecule has 0 radical (unpaired) electrons. The molecule has 0 aliphatic rings. The molecule has 31 heavy (non-hydrogen) atoms. The Morgan fingerprint density at radius 3 is 2.19 bits per heavy atom. The molecule has 0 unspecified atom stereocenters. The average molecular weight is 460 g/mol. The predicted molar refractivity (Wildman–Crippen MR) is 106 cm³/mol. The lowest BCUT2D eigenvalue weighted by Gasteiger charge is -2.21. The van der Waals surface area contributed by atoms with E-state index >= 15 is 0 Å². The van der Waals surface area contributed by atoms with Crippen LogP contribution in [0.4, 0.5) is 24.5 Å². The van der Waals surface area contributed by atoms with E-state index in [9.17, 15) is 36.5 Å². The maximum atomic E-state index is 12.8. The minimum atomic E-state index is -4.77. The molecule has 0 fully saturated rings. The van der Waals surface area contributed by atoms with E-state index in [-0.39, 0.29) is 22.2 Å². The summed E-state index contributed by atoms with van der Waals surface area (Å²) in [5.74, 6) is -0.782. The number of alkyl halides is 3. The number of carbonyl (C=O) groups excluding carboxylic acids is 1. The first-order valence-corrected chi connectivity index (χ1v) is 10.2. The highest BCUT2D eigenvalue weighted by molar-refractivity contribution is 7.89. The number of anilines is 1. The summed E-state index contributed by atoms with van der Waals surface area (Å²) >= 11 is 0. The van der Waals surface area contributed by atoms with Gasteiger partial charge in [-0.1, -0.05) is 0 Å². The van der Waals surface area contributed by atoms with Crippen LogP contribution in [0.15, 0.2) is 47.4 Å². The molecule has 9 nitrogen and oxygen atoms in total. The summed E-state index contributed by atoms with van der Waals surface area (Å²) in [6, 6.07) is 6.44. The molecule has 0 aromatic heterocycles. The zero-order valence-electron chi connectivity index (χ0n) is 16.6. The van der Waals surface area contributed by atoms with Crippen molar-refractivity contribution in [1.82, 2.24) is 9.73 Å². The van der Waals surface area contributed by atoms with Crippen molar-refractivity contribution in [2.45, 2.75) is 31.0 Å². The highest BCUT2D eigenvalue weighted by Crippen LogP contribution is 2.34. The number of hydrogen-bond donors (Lipinski definition) is 2. The Balaban J connectivity index is 2.17. The van der Waals surface area contributed by atoms with Gasteiger partial charge >= 0.3 is 6.18 Å². The normalized spacial score (nSPS) is 12.1. The molecule has 2 rings (SSSR count). The number of nitrogens with zero attached hydrogens (tertiary/aromatic N) is 2. The van der Waals surface area contributed by atoms with Gasteiger partial charge in [-0.2, -0.15) is 17.5 Å². The van der Waals surface area contributed by atoms with E-state index in [0.717, 1.165) is 10.4 Å². The molecule has 0 spiro atoms. The Kier molecular flexibility index (Phi) is 6.91. The maximum Gasteiger partial charge on any atom is 0.416 e. The summed E-state index contributed by atoms with van der Waals surface area (Å²) in [4.78, 5) is 22.3. The van der Waals surface area contributed by atoms with Gasteiger partial charge < -0.3 is 0 Å². The van der Waals surface area contributed by atoms with Gasteiger partial charge in [0.25, 0.3) is 11.6 Å². The molecule has 2 aromatic rings. The first kappa shape index (κ1) is 24.1. The third-order valence-electron chi connectivity index (χ3n) is 4.35. The van der Waals surface area contributed by atoms with Gasteiger partial charge in [0.1, 0.15) is 5.69 Å². The molecule has 0 bridgehead atoms. The van der Waals surface area contributed by atoms with Crippen LogP contribution in [0, 0.1) is 10.1 Å². The summed E-state index contributed by atoms with van der Waals surface area (Å²) in [6.45, 7) is 3.40. The van der Waals surface area contributed by atoms with Gasteiger partial charge in [0.2, 0.25) is 10.0 Å². The van der Waals surface area contributed by atoms with Crippen molar-refractivity contribution < 1.29 is 31.3 Å². The minimum absolute atomic E-state index is 0.0215. The highest BCUT2D eigenvalue weighted by atomic mass is 32.2. The van der Waals surface area contributed by atoms with E-state index in [2.05, 4.69) is 10.9 Å². The number of amides is 1. The van der Waals surface area contributed by atoms with Crippen molar-refractivity contribution in [2.24, 2.45) is 0 Å². The summed E-state index contributed by atoms with van der Waals surface area (Å²) in [5.41, 5.74) is 1.92. The van der Waals surface area contributed by atoms with Crippen molar-refractivity contribution in [1.29, 1.82) is 0 Å². The Labute approximate surface area is 176 Å². The Hall–Kier alpha value is -3.19. The number of carbonyl (C=O) groups is 1. The topological polar surface area (TPSA) is 122 Å². The second kappa shape index (κ2) is 8.89. The molecular weight excluding hydrogens is 441 g/mol. The summed E-state index contributed by atoms with van der Waals surface area (Å²) in [5, 5.41) is 11.1. The number of halogens is 3. The van der Waals surface area contributed by atoms with Crippen LogP contribution < -0.4 is 10.9 Å². The van der Waals surface area contributed by atoms with Gasteiger partial charge in [0.15, 0.2) is 0 Å². The van der Waals surface area contributed by atoms with Crippen LogP contribution in [-0.4, -0.2) is 36.6 Å². The van der Waals surface area contributed by atoms with Crippen molar-refractivity contribution in [3.05, 3.63) is 63.7 Å².